The van der Waals surface area contributed by atoms with Crippen LogP contribution in [0.25, 0.3) is 0 Å². The van der Waals surface area contributed by atoms with Crippen molar-refractivity contribution in [2.24, 2.45) is 4.99 Å². The Labute approximate surface area is 112 Å². The molecule has 0 atom stereocenters. The Morgan fingerprint density at radius 2 is 2.17 bits per heavy atom. The summed E-state index contributed by atoms with van der Waals surface area (Å²) in [5.41, 5.74) is 0.000826. The number of carbonyl (C=O) groups excluding carboxylic acids is 1. The fourth-order valence-corrected chi connectivity index (χ4v) is 1.71. The minimum atomic E-state index is -0.551. The second kappa shape index (κ2) is 5.73. The average Bonchev–Trinajstić information content (AvgIpc) is 2.55. The zero-order chi connectivity index (χ0) is 13.0. The molecule has 5 heteroatoms. The van der Waals surface area contributed by atoms with E-state index >= 15 is 0 Å². The summed E-state index contributed by atoms with van der Waals surface area (Å²) in [5.74, 6) is -0.675. The molecule has 1 N–H and O–H groups in total. The summed E-state index contributed by atoms with van der Waals surface area (Å²) >= 11 is 3.32. The van der Waals surface area contributed by atoms with Crippen LogP contribution in [0.3, 0.4) is 0 Å². The molecule has 1 aromatic rings. The minimum Gasteiger partial charge on any atom is -0.306 e. The molecule has 92 valence electrons. The normalized spacial score (nSPS) is 14.6. The fourth-order valence-electron chi connectivity index (χ4n) is 1.42. The molecule has 0 bridgehead atoms. The quantitative estimate of drug-likeness (QED) is 0.850. The molecule has 0 radical (unpaired) electrons. The first kappa shape index (κ1) is 12.7. The number of amides is 1. The molecule has 1 aliphatic rings. The van der Waals surface area contributed by atoms with E-state index in [1.807, 2.05) is 6.08 Å². The van der Waals surface area contributed by atoms with Crippen molar-refractivity contribution in [2.45, 2.75) is 6.42 Å². The van der Waals surface area contributed by atoms with Gasteiger partial charge in [0.25, 0.3) is 5.91 Å². The van der Waals surface area contributed by atoms with Crippen LogP contribution in [0.1, 0.15) is 16.8 Å². The molecule has 3 nitrogen and oxygen atoms in total. The van der Waals surface area contributed by atoms with Gasteiger partial charge in [0, 0.05) is 10.7 Å². The Balaban J connectivity index is 2.16. The summed E-state index contributed by atoms with van der Waals surface area (Å²) in [5, 5.41) is 2.56. The summed E-state index contributed by atoms with van der Waals surface area (Å²) < 4.78 is 14.3. The van der Waals surface area contributed by atoms with Crippen LogP contribution in [0.4, 0.5) is 4.39 Å². The Hall–Kier alpha value is -1.75. The molecule has 1 heterocycles. The maximum Gasteiger partial charge on any atom is 0.259 e. The lowest BCUT2D eigenvalue weighted by Crippen LogP contribution is -2.29. The number of halogens is 2. The summed E-state index contributed by atoms with van der Waals surface area (Å²) in [6.45, 7) is 0. The zero-order valence-corrected chi connectivity index (χ0v) is 10.9. The highest BCUT2D eigenvalue weighted by atomic mass is 79.9. The van der Waals surface area contributed by atoms with Gasteiger partial charge in [0.05, 0.1) is 5.56 Å². The molecule has 18 heavy (non-hydrogen) atoms. The van der Waals surface area contributed by atoms with E-state index in [0.29, 0.717) is 12.3 Å². The van der Waals surface area contributed by atoms with Crippen molar-refractivity contribution in [2.75, 3.05) is 0 Å². The third-order valence-electron chi connectivity index (χ3n) is 2.29. The SMILES string of the molecule is O=C(NC1=NC=C(Br)CC=C1)c1ccccc1F. The van der Waals surface area contributed by atoms with E-state index in [4.69, 9.17) is 0 Å². The van der Waals surface area contributed by atoms with Crippen molar-refractivity contribution >= 4 is 27.7 Å². The topological polar surface area (TPSA) is 41.5 Å². The first-order valence-corrected chi connectivity index (χ1v) is 6.11. The second-order valence-electron chi connectivity index (χ2n) is 3.63. The van der Waals surface area contributed by atoms with Gasteiger partial charge in [-0.3, -0.25) is 4.79 Å². The van der Waals surface area contributed by atoms with Crippen LogP contribution in [0, 0.1) is 5.82 Å². The number of aliphatic imine (C=N–C) groups is 1. The molecule has 1 amide bonds. The molecule has 1 aromatic carbocycles. The van der Waals surface area contributed by atoms with Crippen LogP contribution in [-0.2, 0) is 0 Å². The molecule has 1 aliphatic heterocycles. The standard InChI is InChI=1S/C13H10BrFN2O/c14-9-4-3-7-12(16-8-9)17-13(18)10-5-1-2-6-11(10)15/h1-3,5-8H,4H2,(H,16,17,18). The summed E-state index contributed by atoms with van der Waals surface area (Å²) in [4.78, 5) is 15.9. The van der Waals surface area contributed by atoms with Gasteiger partial charge >= 0.3 is 0 Å². The Morgan fingerprint density at radius 3 is 2.94 bits per heavy atom. The average molecular weight is 309 g/mol. The van der Waals surface area contributed by atoms with Gasteiger partial charge in [-0.05, 0) is 24.6 Å². The Bertz CT molecular complexity index is 564. The van der Waals surface area contributed by atoms with E-state index in [1.54, 1.807) is 18.3 Å². The van der Waals surface area contributed by atoms with E-state index in [9.17, 15) is 9.18 Å². The van der Waals surface area contributed by atoms with Gasteiger partial charge in [0.2, 0.25) is 0 Å². The molecule has 0 aliphatic carbocycles. The van der Waals surface area contributed by atoms with Crippen molar-refractivity contribution in [3.05, 3.63) is 58.5 Å². The summed E-state index contributed by atoms with van der Waals surface area (Å²) in [7, 11) is 0. The van der Waals surface area contributed by atoms with Crippen LogP contribution in [0.5, 0.6) is 0 Å². The van der Waals surface area contributed by atoms with Crippen molar-refractivity contribution in [3.63, 3.8) is 0 Å². The van der Waals surface area contributed by atoms with Crippen LogP contribution >= 0.6 is 15.9 Å². The number of hydrogen-bond donors (Lipinski definition) is 1. The van der Waals surface area contributed by atoms with Crippen LogP contribution in [0.2, 0.25) is 0 Å². The minimum absolute atomic E-state index is 0.000826. The number of benzene rings is 1. The predicted molar refractivity (Wildman–Crippen MR) is 72.1 cm³/mol. The maximum absolute atomic E-state index is 13.4. The van der Waals surface area contributed by atoms with Gasteiger partial charge in [-0.25, -0.2) is 9.38 Å². The smallest absolute Gasteiger partial charge is 0.259 e. The van der Waals surface area contributed by atoms with Gasteiger partial charge in [-0.2, -0.15) is 0 Å². The zero-order valence-electron chi connectivity index (χ0n) is 9.36. The number of hydrogen-bond acceptors (Lipinski definition) is 2. The Morgan fingerprint density at radius 1 is 1.39 bits per heavy atom. The highest BCUT2D eigenvalue weighted by molar-refractivity contribution is 9.11. The summed E-state index contributed by atoms with van der Waals surface area (Å²) in [6.07, 6.45) is 5.86. The highest BCUT2D eigenvalue weighted by Crippen LogP contribution is 2.13. The molecule has 0 saturated heterocycles. The van der Waals surface area contributed by atoms with E-state index in [2.05, 4.69) is 26.2 Å². The Kier molecular flexibility index (Phi) is 4.04. The molecule has 0 unspecified atom stereocenters. The van der Waals surface area contributed by atoms with Crippen LogP contribution in [-0.4, -0.2) is 11.7 Å². The van der Waals surface area contributed by atoms with Gasteiger partial charge in [0.15, 0.2) is 0 Å². The molecule has 0 spiro atoms. The van der Waals surface area contributed by atoms with Crippen molar-refractivity contribution in [1.82, 2.24) is 5.32 Å². The van der Waals surface area contributed by atoms with E-state index in [0.717, 1.165) is 4.48 Å². The molecule has 0 fully saturated rings. The fraction of sp³-hybridized carbons (Fsp3) is 0.0769. The number of carbonyl (C=O) groups is 1. The van der Waals surface area contributed by atoms with Crippen LogP contribution in [0.15, 0.2) is 52.1 Å². The molecule has 2 rings (SSSR count). The largest absolute Gasteiger partial charge is 0.306 e. The highest BCUT2D eigenvalue weighted by Gasteiger charge is 2.12. The number of rotatable bonds is 1. The second-order valence-corrected chi connectivity index (χ2v) is 4.65. The third-order valence-corrected chi connectivity index (χ3v) is 2.82. The van der Waals surface area contributed by atoms with Crippen LogP contribution < -0.4 is 5.32 Å². The van der Waals surface area contributed by atoms with E-state index < -0.39 is 11.7 Å². The number of nitrogens with zero attached hydrogens (tertiary/aromatic N) is 1. The first-order chi connectivity index (χ1) is 8.66. The lowest BCUT2D eigenvalue weighted by molar-refractivity contribution is 0.0973. The third kappa shape index (κ3) is 3.13. The predicted octanol–water partition coefficient (Wildman–Crippen LogP) is 3.15. The lowest BCUT2D eigenvalue weighted by Gasteiger charge is -2.04. The lowest BCUT2D eigenvalue weighted by atomic mass is 10.2. The molecule has 0 saturated carbocycles. The van der Waals surface area contributed by atoms with Gasteiger partial charge in [-0.15, -0.1) is 0 Å². The van der Waals surface area contributed by atoms with Crippen molar-refractivity contribution in [1.29, 1.82) is 0 Å². The number of amidine groups is 1. The number of allylic oxidation sites excluding steroid dienone is 2. The molecular formula is C13H10BrFN2O. The molecule has 0 aromatic heterocycles. The van der Waals surface area contributed by atoms with E-state index in [-0.39, 0.29) is 5.56 Å². The van der Waals surface area contributed by atoms with Gasteiger partial charge in [-0.1, -0.05) is 34.1 Å². The van der Waals surface area contributed by atoms with Gasteiger partial charge < -0.3 is 5.32 Å². The van der Waals surface area contributed by atoms with Gasteiger partial charge in [0.1, 0.15) is 11.7 Å². The summed E-state index contributed by atoms with van der Waals surface area (Å²) in [6, 6.07) is 5.82. The number of nitrogens with one attached hydrogen (secondary N) is 1. The molecular weight excluding hydrogens is 299 g/mol. The first-order valence-electron chi connectivity index (χ1n) is 5.31. The van der Waals surface area contributed by atoms with Crippen molar-refractivity contribution < 1.29 is 9.18 Å². The van der Waals surface area contributed by atoms with Crippen molar-refractivity contribution in [3.8, 4) is 0 Å². The maximum atomic E-state index is 13.4. The van der Waals surface area contributed by atoms with E-state index in [1.165, 1.54) is 18.2 Å². The monoisotopic (exact) mass is 308 g/mol.